The van der Waals surface area contributed by atoms with Crippen molar-refractivity contribution in [1.82, 2.24) is 10.2 Å². The Kier molecular flexibility index (Phi) is 8.01. The monoisotopic (exact) mass is 390 g/mol. The fraction of sp³-hybridized carbons (Fsp3) is 0.300. The molecule has 2 amide bonds. The minimum absolute atomic E-state index is 0.0357. The highest BCUT2D eigenvalue weighted by Gasteiger charge is 2.25. The first kappa shape index (κ1) is 20.3. The van der Waals surface area contributed by atoms with Crippen LogP contribution in [0.5, 0.6) is 0 Å². The van der Waals surface area contributed by atoms with Gasteiger partial charge in [0.05, 0.1) is 0 Å². The lowest BCUT2D eigenvalue weighted by molar-refractivity contribution is -0.140. The van der Waals surface area contributed by atoms with Crippen LogP contribution in [-0.4, -0.2) is 35.6 Å². The molecule has 0 aliphatic rings. The SMILES string of the molecule is CNC(=O)C(C)N(Cc1ccccc1)C(=O)CCSc1ccc(Cl)cc1. The number of likely N-dealkylation sites (N-methyl/N-ethyl adjacent to an activating group) is 1. The van der Waals surface area contributed by atoms with Crippen LogP contribution in [0.15, 0.2) is 59.5 Å². The predicted molar refractivity (Wildman–Crippen MR) is 107 cm³/mol. The maximum atomic E-state index is 12.8. The summed E-state index contributed by atoms with van der Waals surface area (Å²) in [6.45, 7) is 2.17. The van der Waals surface area contributed by atoms with Gasteiger partial charge in [-0.25, -0.2) is 0 Å². The molecule has 0 spiro atoms. The maximum absolute atomic E-state index is 12.8. The van der Waals surface area contributed by atoms with E-state index in [-0.39, 0.29) is 11.8 Å². The van der Waals surface area contributed by atoms with E-state index in [2.05, 4.69) is 5.32 Å². The van der Waals surface area contributed by atoms with Crippen LogP contribution in [0.1, 0.15) is 18.9 Å². The molecule has 0 aliphatic carbocycles. The second kappa shape index (κ2) is 10.2. The lowest BCUT2D eigenvalue weighted by Gasteiger charge is -2.28. The topological polar surface area (TPSA) is 49.4 Å². The zero-order valence-corrected chi connectivity index (χ0v) is 16.5. The Balaban J connectivity index is 1.99. The lowest BCUT2D eigenvalue weighted by atomic mass is 10.1. The molecule has 26 heavy (non-hydrogen) atoms. The van der Waals surface area contributed by atoms with Crippen molar-refractivity contribution in [1.29, 1.82) is 0 Å². The average Bonchev–Trinajstić information content (AvgIpc) is 2.67. The number of carbonyl (C=O) groups is 2. The van der Waals surface area contributed by atoms with Crippen molar-refractivity contribution in [2.75, 3.05) is 12.8 Å². The van der Waals surface area contributed by atoms with Gasteiger partial charge in [0.15, 0.2) is 0 Å². The third-order valence-corrected chi connectivity index (χ3v) is 5.27. The summed E-state index contributed by atoms with van der Waals surface area (Å²) < 4.78 is 0. The van der Waals surface area contributed by atoms with Gasteiger partial charge in [0, 0.05) is 35.7 Å². The molecule has 2 aromatic rings. The second-order valence-corrected chi connectivity index (χ2v) is 7.45. The van der Waals surface area contributed by atoms with Crippen LogP contribution in [-0.2, 0) is 16.1 Å². The summed E-state index contributed by atoms with van der Waals surface area (Å²) in [5.41, 5.74) is 1.00. The van der Waals surface area contributed by atoms with E-state index in [4.69, 9.17) is 11.6 Å². The molecule has 0 saturated carbocycles. The largest absolute Gasteiger partial charge is 0.357 e. The fourth-order valence-corrected chi connectivity index (χ4v) is 3.47. The Bertz CT molecular complexity index is 722. The minimum atomic E-state index is -0.520. The van der Waals surface area contributed by atoms with E-state index in [9.17, 15) is 9.59 Å². The zero-order valence-electron chi connectivity index (χ0n) is 14.9. The molecule has 4 nitrogen and oxygen atoms in total. The van der Waals surface area contributed by atoms with Crippen LogP contribution in [0.4, 0.5) is 0 Å². The van der Waals surface area contributed by atoms with Crippen molar-refractivity contribution in [3.05, 3.63) is 65.2 Å². The normalized spacial score (nSPS) is 11.7. The van der Waals surface area contributed by atoms with Gasteiger partial charge in [-0.1, -0.05) is 41.9 Å². The van der Waals surface area contributed by atoms with E-state index in [0.717, 1.165) is 10.5 Å². The number of thioether (sulfide) groups is 1. The number of halogens is 1. The van der Waals surface area contributed by atoms with Crippen molar-refractivity contribution in [3.63, 3.8) is 0 Å². The number of hydrogen-bond donors (Lipinski definition) is 1. The fourth-order valence-electron chi connectivity index (χ4n) is 2.50. The number of benzene rings is 2. The van der Waals surface area contributed by atoms with Crippen molar-refractivity contribution in [2.45, 2.75) is 30.8 Å². The van der Waals surface area contributed by atoms with Crippen LogP contribution >= 0.6 is 23.4 Å². The van der Waals surface area contributed by atoms with Crippen molar-refractivity contribution in [2.24, 2.45) is 0 Å². The quantitative estimate of drug-likeness (QED) is 0.693. The highest BCUT2D eigenvalue weighted by atomic mass is 35.5. The van der Waals surface area contributed by atoms with Crippen LogP contribution in [0.2, 0.25) is 5.02 Å². The van der Waals surface area contributed by atoms with Gasteiger partial charge in [0.2, 0.25) is 11.8 Å². The van der Waals surface area contributed by atoms with Gasteiger partial charge in [-0.05, 0) is 36.8 Å². The highest BCUT2D eigenvalue weighted by molar-refractivity contribution is 7.99. The summed E-state index contributed by atoms with van der Waals surface area (Å²) in [6.07, 6.45) is 0.363. The average molecular weight is 391 g/mol. The molecular formula is C20H23ClN2O2S. The summed E-state index contributed by atoms with van der Waals surface area (Å²) in [5, 5.41) is 3.32. The smallest absolute Gasteiger partial charge is 0.242 e. The minimum Gasteiger partial charge on any atom is -0.357 e. The molecule has 1 unspecified atom stereocenters. The molecule has 0 fully saturated rings. The number of nitrogens with zero attached hydrogens (tertiary/aromatic N) is 1. The van der Waals surface area contributed by atoms with Crippen LogP contribution in [0, 0.1) is 0 Å². The van der Waals surface area contributed by atoms with Crippen LogP contribution in [0.25, 0.3) is 0 Å². The van der Waals surface area contributed by atoms with Gasteiger partial charge >= 0.3 is 0 Å². The Morgan fingerprint density at radius 3 is 2.38 bits per heavy atom. The van der Waals surface area contributed by atoms with Gasteiger partial charge < -0.3 is 10.2 Å². The van der Waals surface area contributed by atoms with Gasteiger partial charge in [0.1, 0.15) is 6.04 Å². The molecule has 1 atom stereocenters. The third-order valence-electron chi connectivity index (χ3n) is 4.01. The molecule has 0 saturated heterocycles. The molecule has 0 heterocycles. The highest BCUT2D eigenvalue weighted by Crippen LogP contribution is 2.22. The summed E-state index contributed by atoms with van der Waals surface area (Å²) in [6, 6.07) is 16.7. The first-order valence-corrected chi connectivity index (χ1v) is 9.81. The Morgan fingerprint density at radius 1 is 1.12 bits per heavy atom. The molecule has 2 rings (SSSR count). The lowest BCUT2D eigenvalue weighted by Crippen LogP contribution is -2.46. The molecule has 0 aliphatic heterocycles. The van der Waals surface area contributed by atoms with Gasteiger partial charge in [-0.2, -0.15) is 0 Å². The number of amides is 2. The van der Waals surface area contributed by atoms with E-state index in [0.29, 0.717) is 23.7 Å². The summed E-state index contributed by atoms with van der Waals surface area (Å²) in [7, 11) is 1.58. The third kappa shape index (κ3) is 6.07. The summed E-state index contributed by atoms with van der Waals surface area (Å²) >= 11 is 7.49. The van der Waals surface area contributed by atoms with Gasteiger partial charge in [-0.3, -0.25) is 9.59 Å². The first-order valence-electron chi connectivity index (χ1n) is 8.44. The molecule has 6 heteroatoms. The van der Waals surface area contributed by atoms with Gasteiger partial charge in [-0.15, -0.1) is 11.8 Å². The van der Waals surface area contributed by atoms with E-state index in [1.54, 1.807) is 30.6 Å². The number of carbonyl (C=O) groups excluding carboxylic acids is 2. The molecule has 138 valence electrons. The Morgan fingerprint density at radius 2 is 1.77 bits per heavy atom. The van der Waals surface area contributed by atoms with E-state index >= 15 is 0 Å². The second-order valence-electron chi connectivity index (χ2n) is 5.85. The van der Waals surface area contributed by atoms with Gasteiger partial charge in [0.25, 0.3) is 0 Å². The van der Waals surface area contributed by atoms with Crippen molar-refractivity contribution >= 4 is 35.2 Å². The van der Waals surface area contributed by atoms with E-state index in [1.807, 2.05) is 54.6 Å². The molecule has 1 N–H and O–H groups in total. The Labute approximate surface area is 163 Å². The van der Waals surface area contributed by atoms with Crippen molar-refractivity contribution < 1.29 is 9.59 Å². The molecule has 0 aromatic heterocycles. The maximum Gasteiger partial charge on any atom is 0.242 e. The van der Waals surface area contributed by atoms with Crippen molar-refractivity contribution in [3.8, 4) is 0 Å². The van der Waals surface area contributed by atoms with E-state index < -0.39 is 6.04 Å². The number of rotatable bonds is 8. The predicted octanol–water partition coefficient (Wildman–Crippen LogP) is 3.99. The standard InChI is InChI=1S/C20H23ClN2O2S/c1-15(20(25)22-2)23(14-16-6-4-3-5-7-16)19(24)12-13-26-18-10-8-17(21)9-11-18/h3-11,15H,12-14H2,1-2H3,(H,22,25). The Hall–Kier alpha value is -1.98. The van der Waals surface area contributed by atoms with E-state index in [1.165, 1.54) is 0 Å². The first-order chi connectivity index (χ1) is 12.5. The number of hydrogen-bond acceptors (Lipinski definition) is 3. The summed E-state index contributed by atoms with van der Waals surface area (Å²) in [5.74, 6) is 0.442. The van der Waals surface area contributed by atoms with Crippen LogP contribution < -0.4 is 5.32 Å². The zero-order chi connectivity index (χ0) is 18.9. The molecule has 2 aromatic carbocycles. The molecule has 0 bridgehead atoms. The molecular weight excluding hydrogens is 368 g/mol. The number of nitrogens with one attached hydrogen (secondary N) is 1. The molecule has 0 radical (unpaired) electrons. The van der Waals surface area contributed by atoms with Crippen LogP contribution in [0.3, 0.4) is 0 Å². The summed E-state index contributed by atoms with van der Waals surface area (Å²) in [4.78, 5) is 27.5.